The van der Waals surface area contributed by atoms with Crippen molar-refractivity contribution >= 4 is 27.7 Å². The Labute approximate surface area is 206 Å². The molecule has 0 aliphatic heterocycles. The van der Waals surface area contributed by atoms with Crippen LogP contribution in [0.3, 0.4) is 0 Å². The highest BCUT2D eigenvalue weighted by Gasteiger charge is 2.33. The molecule has 36 heavy (non-hydrogen) atoms. The Balaban J connectivity index is 2.16. The van der Waals surface area contributed by atoms with Crippen molar-refractivity contribution < 1.29 is 35.5 Å². The normalized spacial score (nSPS) is 12.0. The Bertz CT molecular complexity index is 1290. The molecule has 0 aliphatic carbocycles. The summed E-state index contributed by atoms with van der Waals surface area (Å²) in [6.45, 7) is 3.78. The number of alkyl halides is 3. The van der Waals surface area contributed by atoms with E-state index >= 15 is 0 Å². The maximum Gasteiger partial charge on any atom is 0.433 e. The first kappa shape index (κ1) is 28.6. The van der Waals surface area contributed by atoms with Crippen LogP contribution in [0.15, 0.2) is 30.3 Å². The van der Waals surface area contributed by atoms with Crippen LogP contribution in [0.2, 0.25) is 0 Å². The molecule has 8 nitrogen and oxygen atoms in total. The molecule has 0 aliphatic rings. The average molecular weight is 529 g/mol. The molecule has 13 heteroatoms. The van der Waals surface area contributed by atoms with Crippen LogP contribution in [0.5, 0.6) is 5.88 Å². The zero-order valence-corrected chi connectivity index (χ0v) is 20.4. The van der Waals surface area contributed by atoms with Gasteiger partial charge in [-0.1, -0.05) is 13.8 Å². The molecule has 0 unspecified atom stereocenters. The fourth-order valence-corrected chi connectivity index (χ4v) is 3.38. The number of amides is 1. The predicted octanol–water partition coefficient (Wildman–Crippen LogP) is 4.24. The molecule has 0 bridgehead atoms. The lowest BCUT2D eigenvalue weighted by molar-refractivity contribution is -0.141. The van der Waals surface area contributed by atoms with Crippen LogP contribution in [0, 0.1) is 23.1 Å². The van der Waals surface area contributed by atoms with Crippen molar-refractivity contribution in [1.82, 2.24) is 10.3 Å². The lowest BCUT2D eigenvalue weighted by Gasteiger charge is -2.13. The second-order valence-corrected chi connectivity index (χ2v) is 9.91. The van der Waals surface area contributed by atoms with Gasteiger partial charge in [0.1, 0.15) is 23.3 Å². The van der Waals surface area contributed by atoms with Gasteiger partial charge in [-0.25, -0.2) is 17.8 Å². The zero-order valence-electron chi connectivity index (χ0n) is 19.6. The highest BCUT2D eigenvalue weighted by Crippen LogP contribution is 2.31. The van der Waals surface area contributed by atoms with E-state index in [0.717, 1.165) is 30.5 Å². The molecule has 2 rings (SSSR count). The number of carbonyl (C=O) groups excluding carboxylic acids is 1. The Morgan fingerprint density at radius 1 is 1.28 bits per heavy atom. The number of ether oxygens (including phenoxy) is 1. The van der Waals surface area contributed by atoms with Crippen LogP contribution in [0.1, 0.15) is 42.7 Å². The molecular weight excluding hydrogens is 504 g/mol. The van der Waals surface area contributed by atoms with E-state index in [4.69, 9.17) is 4.74 Å². The number of aromatic nitrogens is 1. The number of hydrogen-bond acceptors (Lipinski definition) is 6. The van der Waals surface area contributed by atoms with Gasteiger partial charge in [0.15, 0.2) is 0 Å². The molecule has 0 saturated carbocycles. The standard InChI is InChI=1S/C23H24F4N4O4S/c1-14(2)8-9-35-22-16(4-6-19(30-22)23(25,26)27)5-7-20(32)29-13-15-10-17(12-28)21(18(24)11-15)31-36(3,33)34/h4-7,10-11,14,31H,8-9,13H2,1-3H3,(H,29,32)/b7-5+. The minimum absolute atomic E-state index is 0.135. The molecule has 0 saturated heterocycles. The fourth-order valence-electron chi connectivity index (χ4n) is 2.80. The average Bonchev–Trinajstić information content (AvgIpc) is 2.76. The number of sulfonamides is 1. The second kappa shape index (κ2) is 11.9. The molecule has 1 heterocycles. The van der Waals surface area contributed by atoms with Gasteiger partial charge in [-0.05, 0) is 48.2 Å². The summed E-state index contributed by atoms with van der Waals surface area (Å²) in [6.07, 6.45) is -1.00. The van der Waals surface area contributed by atoms with Crippen molar-refractivity contribution in [3.05, 3.63) is 58.5 Å². The van der Waals surface area contributed by atoms with Gasteiger partial charge in [0, 0.05) is 18.2 Å². The first-order valence-corrected chi connectivity index (χ1v) is 12.5. The molecule has 0 spiro atoms. The molecule has 2 N–H and O–H groups in total. The van der Waals surface area contributed by atoms with E-state index in [9.17, 15) is 36.0 Å². The van der Waals surface area contributed by atoms with Crippen LogP contribution in [0.25, 0.3) is 6.08 Å². The molecule has 1 aromatic heterocycles. The van der Waals surface area contributed by atoms with Gasteiger partial charge in [0.2, 0.25) is 21.8 Å². The van der Waals surface area contributed by atoms with E-state index in [0.29, 0.717) is 6.42 Å². The SMILES string of the molecule is CC(C)CCOc1nc(C(F)(F)F)ccc1/C=C/C(=O)NCc1cc(F)c(NS(C)(=O)=O)c(C#N)c1. The Morgan fingerprint density at radius 2 is 1.97 bits per heavy atom. The number of nitrogens with one attached hydrogen (secondary N) is 2. The van der Waals surface area contributed by atoms with E-state index in [-0.39, 0.29) is 41.6 Å². The topological polar surface area (TPSA) is 121 Å². The Hall–Kier alpha value is -3.66. The maximum absolute atomic E-state index is 14.3. The van der Waals surface area contributed by atoms with Gasteiger partial charge in [0.05, 0.1) is 18.4 Å². The predicted molar refractivity (Wildman–Crippen MR) is 125 cm³/mol. The first-order valence-electron chi connectivity index (χ1n) is 10.6. The van der Waals surface area contributed by atoms with Crippen molar-refractivity contribution in [2.45, 2.75) is 33.0 Å². The van der Waals surface area contributed by atoms with Crippen LogP contribution in [-0.4, -0.2) is 32.2 Å². The minimum Gasteiger partial charge on any atom is -0.477 e. The molecule has 0 radical (unpaired) electrons. The summed E-state index contributed by atoms with van der Waals surface area (Å²) in [5.74, 6) is -1.69. The van der Waals surface area contributed by atoms with Gasteiger partial charge >= 0.3 is 6.18 Å². The quantitative estimate of drug-likeness (QED) is 0.352. The van der Waals surface area contributed by atoms with E-state index in [1.165, 1.54) is 12.1 Å². The fraction of sp³-hybridized carbons (Fsp3) is 0.348. The van der Waals surface area contributed by atoms with E-state index in [1.807, 2.05) is 18.6 Å². The van der Waals surface area contributed by atoms with Gasteiger partial charge in [-0.2, -0.15) is 18.4 Å². The number of halogens is 4. The van der Waals surface area contributed by atoms with Crippen molar-refractivity contribution in [2.75, 3.05) is 17.6 Å². The molecular formula is C23H24F4N4O4S. The Kier molecular flexibility index (Phi) is 9.41. The molecule has 0 fully saturated rings. The van der Waals surface area contributed by atoms with Crippen molar-refractivity contribution in [3.63, 3.8) is 0 Å². The number of pyridine rings is 1. The Morgan fingerprint density at radius 3 is 2.56 bits per heavy atom. The lowest BCUT2D eigenvalue weighted by atomic mass is 10.1. The van der Waals surface area contributed by atoms with Gasteiger partial charge in [-0.15, -0.1) is 0 Å². The number of benzene rings is 1. The zero-order chi connectivity index (χ0) is 27.1. The third-order valence-corrected chi connectivity index (χ3v) is 5.13. The molecule has 1 aromatic carbocycles. The molecule has 194 valence electrons. The number of hydrogen-bond donors (Lipinski definition) is 2. The van der Waals surface area contributed by atoms with Crippen LogP contribution in [-0.2, 0) is 27.5 Å². The van der Waals surface area contributed by atoms with Gasteiger partial charge in [0.25, 0.3) is 0 Å². The van der Waals surface area contributed by atoms with E-state index in [2.05, 4.69) is 10.3 Å². The highest BCUT2D eigenvalue weighted by molar-refractivity contribution is 7.92. The number of nitriles is 1. The summed E-state index contributed by atoms with van der Waals surface area (Å²) in [5.41, 5.74) is -1.59. The third-order valence-electron chi connectivity index (χ3n) is 4.55. The summed E-state index contributed by atoms with van der Waals surface area (Å²) in [5, 5.41) is 11.6. The van der Waals surface area contributed by atoms with Gasteiger partial charge in [-0.3, -0.25) is 9.52 Å². The van der Waals surface area contributed by atoms with E-state index in [1.54, 1.807) is 6.07 Å². The lowest BCUT2D eigenvalue weighted by Crippen LogP contribution is -2.21. The number of carbonyl (C=O) groups is 1. The van der Waals surface area contributed by atoms with Crippen LogP contribution < -0.4 is 14.8 Å². The van der Waals surface area contributed by atoms with Crippen molar-refractivity contribution in [3.8, 4) is 11.9 Å². The number of nitrogens with zero attached hydrogens (tertiary/aromatic N) is 2. The summed E-state index contributed by atoms with van der Waals surface area (Å²) in [4.78, 5) is 15.8. The summed E-state index contributed by atoms with van der Waals surface area (Å²) in [7, 11) is -3.83. The van der Waals surface area contributed by atoms with Crippen molar-refractivity contribution in [1.29, 1.82) is 5.26 Å². The summed E-state index contributed by atoms with van der Waals surface area (Å²) in [6, 6.07) is 5.75. The number of rotatable bonds is 10. The van der Waals surface area contributed by atoms with Crippen molar-refractivity contribution in [2.24, 2.45) is 5.92 Å². The smallest absolute Gasteiger partial charge is 0.433 e. The maximum atomic E-state index is 14.3. The van der Waals surface area contributed by atoms with Gasteiger partial charge < -0.3 is 10.1 Å². The molecule has 0 atom stereocenters. The number of anilines is 1. The van der Waals surface area contributed by atoms with E-state index < -0.39 is 39.3 Å². The monoisotopic (exact) mass is 528 g/mol. The van der Waals surface area contributed by atoms with Crippen LogP contribution in [0.4, 0.5) is 23.2 Å². The van der Waals surface area contributed by atoms with Crippen LogP contribution >= 0.6 is 0 Å². The summed E-state index contributed by atoms with van der Waals surface area (Å²) >= 11 is 0. The third kappa shape index (κ3) is 8.84. The largest absolute Gasteiger partial charge is 0.477 e. The highest BCUT2D eigenvalue weighted by atomic mass is 32.2. The molecule has 1 amide bonds. The summed E-state index contributed by atoms with van der Waals surface area (Å²) < 4.78 is 83.5. The second-order valence-electron chi connectivity index (χ2n) is 8.16. The minimum atomic E-state index is -4.67. The molecule has 2 aromatic rings. The first-order chi connectivity index (χ1) is 16.7.